The van der Waals surface area contributed by atoms with Crippen molar-refractivity contribution in [2.75, 3.05) is 68.9 Å². The number of rotatable bonds is 7. The Hall–Kier alpha value is -2.87. The molecule has 1 amide bonds. The van der Waals surface area contributed by atoms with Crippen LogP contribution in [-0.2, 0) is 12.6 Å². The number of nitrogens with zero attached hydrogens (tertiary/aromatic N) is 5. The zero-order valence-corrected chi connectivity index (χ0v) is 23.9. The number of nitrogens with one attached hydrogen (secondary N) is 1. The number of carbonyl (C=O) groups excluding carboxylic acids is 1. The molecular weight excluding hydrogens is 561 g/mol. The highest BCUT2D eigenvalue weighted by Gasteiger charge is 2.37. The van der Waals surface area contributed by atoms with Crippen LogP contribution >= 0.6 is 23.1 Å². The molecule has 2 aliphatic heterocycles. The van der Waals surface area contributed by atoms with Crippen molar-refractivity contribution in [1.29, 1.82) is 0 Å². The molecule has 214 valence electrons. The van der Waals surface area contributed by atoms with E-state index >= 15 is 0 Å². The molecule has 13 heteroatoms. The number of anilines is 3. The van der Waals surface area contributed by atoms with Crippen molar-refractivity contribution in [2.45, 2.75) is 24.4 Å². The molecule has 5 rings (SSSR count). The Labute approximate surface area is 239 Å². The first-order valence-corrected chi connectivity index (χ1v) is 14.9. The lowest BCUT2D eigenvalue weighted by molar-refractivity contribution is -0.137. The second-order valence-electron chi connectivity index (χ2n) is 9.71. The molecule has 0 radical (unpaired) electrons. The van der Waals surface area contributed by atoms with Gasteiger partial charge in [0.15, 0.2) is 0 Å². The molecule has 1 saturated heterocycles. The number of hydrogen-bond acceptors (Lipinski definition) is 9. The number of hydrogen-bond donors (Lipinski definition) is 2. The lowest BCUT2D eigenvalue weighted by atomic mass is 10.1. The van der Waals surface area contributed by atoms with Gasteiger partial charge in [-0.2, -0.15) is 13.2 Å². The van der Waals surface area contributed by atoms with Crippen molar-refractivity contribution in [3.8, 4) is 10.6 Å². The largest absolute Gasteiger partial charge is 0.420 e. The van der Waals surface area contributed by atoms with Gasteiger partial charge in [0.05, 0.1) is 17.2 Å². The summed E-state index contributed by atoms with van der Waals surface area (Å²) in [5.74, 6) is 0.532. The summed E-state index contributed by atoms with van der Waals surface area (Å²) < 4.78 is 42.0. The minimum atomic E-state index is -4.65. The second kappa shape index (κ2) is 11.9. The van der Waals surface area contributed by atoms with Gasteiger partial charge in [0, 0.05) is 74.5 Å². The minimum Gasteiger partial charge on any atom is -0.395 e. The molecule has 0 bridgehead atoms. The van der Waals surface area contributed by atoms with E-state index in [-0.39, 0.29) is 29.0 Å². The summed E-state index contributed by atoms with van der Waals surface area (Å²) in [5, 5.41) is 12.3. The van der Waals surface area contributed by atoms with Crippen LogP contribution in [0.3, 0.4) is 0 Å². The Kier molecular flexibility index (Phi) is 8.55. The number of alkyl halides is 3. The summed E-state index contributed by atoms with van der Waals surface area (Å²) in [6, 6.07) is 7.62. The maximum absolute atomic E-state index is 14.0. The topological polar surface area (TPSA) is 84.8 Å². The molecule has 0 spiro atoms. The average molecular weight is 593 g/mol. The molecule has 0 saturated carbocycles. The summed E-state index contributed by atoms with van der Waals surface area (Å²) in [6.45, 7) is 6.86. The summed E-state index contributed by atoms with van der Waals surface area (Å²) in [4.78, 5) is 28.6. The van der Waals surface area contributed by atoms with Crippen LogP contribution in [0.15, 0.2) is 35.4 Å². The molecule has 0 unspecified atom stereocenters. The number of β-amino-alcohol motifs (C(OH)–C–C–N with tert-alkyl or cyclic N) is 1. The van der Waals surface area contributed by atoms with E-state index in [1.165, 1.54) is 11.8 Å². The van der Waals surface area contributed by atoms with Crippen LogP contribution in [-0.4, -0.2) is 89.5 Å². The highest BCUT2D eigenvalue weighted by atomic mass is 32.2. The molecule has 2 aromatic heterocycles. The first kappa shape index (κ1) is 28.7. The molecule has 3 aromatic rings. The van der Waals surface area contributed by atoms with Gasteiger partial charge in [0.25, 0.3) is 5.91 Å². The molecule has 1 aromatic carbocycles. The SMILES string of the molecule is CCc1cc(N2CCN(CCO)CC2)ccc1Nc1ncc(C(F)(F)F)c(-c2cc3c(s2)C(=O)N(C)CCS3)n1. The maximum atomic E-state index is 14.0. The summed E-state index contributed by atoms with van der Waals surface area (Å²) in [5.41, 5.74) is 1.62. The van der Waals surface area contributed by atoms with E-state index in [9.17, 15) is 23.1 Å². The van der Waals surface area contributed by atoms with Gasteiger partial charge < -0.3 is 20.2 Å². The molecule has 2 aliphatic rings. The van der Waals surface area contributed by atoms with E-state index in [2.05, 4.69) is 31.2 Å². The van der Waals surface area contributed by atoms with Gasteiger partial charge in [-0.05, 0) is 36.2 Å². The smallest absolute Gasteiger partial charge is 0.395 e. The van der Waals surface area contributed by atoms with Crippen LogP contribution in [0.5, 0.6) is 0 Å². The van der Waals surface area contributed by atoms with Gasteiger partial charge in [0.1, 0.15) is 10.4 Å². The molecule has 2 N–H and O–H groups in total. The van der Waals surface area contributed by atoms with Gasteiger partial charge in [-0.25, -0.2) is 9.97 Å². The zero-order valence-electron chi connectivity index (χ0n) is 22.3. The third-order valence-corrected chi connectivity index (χ3v) is 9.40. The highest BCUT2D eigenvalue weighted by Crippen LogP contribution is 2.43. The predicted octanol–water partition coefficient (Wildman–Crippen LogP) is 4.82. The Balaban J connectivity index is 1.43. The normalized spacial score (nSPS) is 16.7. The fourth-order valence-electron chi connectivity index (χ4n) is 4.83. The Morgan fingerprint density at radius 1 is 1.12 bits per heavy atom. The number of carbonyl (C=O) groups is 1. The minimum absolute atomic E-state index is 0.0581. The van der Waals surface area contributed by atoms with E-state index in [4.69, 9.17) is 0 Å². The zero-order chi connectivity index (χ0) is 28.4. The molecule has 0 aliphatic carbocycles. The number of aliphatic hydroxyl groups is 1. The van der Waals surface area contributed by atoms with Crippen molar-refractivity contribution in [3.05, 3.63) is 46.5 Å². The lowest BCUT2D eigenvalue weighted by Crippen LogP contribution is -2.47. The number of thioether (sulfide) groups is 1. The van der Waals surface area contributed by atoms with Crippen molar-refractivity contribution >= 4 is 46.3 Å². The lowest BCUT2D eigenvalue weighted by Gasteiger charge is -2.36. The number of aliphatic hydroxyl groups excluding tert-OH is 1. The number of aryl methyl sites for hydroxylation is 1. The number of aromatic nitrogens is 2. The van der Waals surface area contributed by atoms with Crippen LogP contribution in [0.25, 0.3) is 10.6 Å². The van der Waals surface area contributed by atoms with Crippen molar-refractivity contribution in [3.63, 3.8) is 0 Å². The number of fused-ring (bicyclic) bond motifs is 1. The molecular formula is C27H31F3N6O2S2. The van der Waals surface area contributed by atoms with Crippen molar-refractivity contribution in [2.24, 2.45) is 0 Å². The Morgan fingerprint density at radius 3 is 2.60 bits per heavy atom. The predicted molar refractivity (Wildman–Crippen MR) is 153 cm³/mol. The second-order valence-corrected chi connectivity index (χ2v) is 11.9. The quantitative estimate of drug-likeness (QED) is 0.404. The van der Waals surface area contributed by atoms with Crippen LogP contribution in [0, 0.1) is 0 Å². The van der Waals surface area contributed by atoms with Gasteiger partial charge in [-0.1, -0.05) is 6.92 Å². The Morgan fingerprint density at radius 2 is 1.90 bits per heavy atom. The summed E-state index contributed by atoms with van der Waals surface area (Å²) >= 11 is 2.50. The van der Waals surface area contributed by atoms with Crippen molar-refractivity contribution < 1.29 is 23.1 Å². The highest BCUT2D eigenvalue weighted by molar-refractivity contribution is 7.99. The maximum Gasteiger partial charge on any atom is 0.420 e. The number of thiophene rings is 1. The van der Waals surface area contributed by atoms with Crippen LogP contribution in [0.1, 0.15) is 27.7 Å². The fourth-order valence-corrected chi connectivity index (χ4v) is 7.27. The first-order chi connectivity index (χ1) is 19.2. The van der Waals surface area contributed by atoms with Crippen LogP contribution < -0.4 is 10.2 Å². The Bertz CT molecular complexity index is 1370. The molecule has 40 heavy (non-hydrogen) atoms. The van der Waals surface area contributed by atoms with E-state index < -0.39 is 11.7 Å². The van der Waals surface area contributed by atoms with Crippen LogP contribution in [0.4, 0.5) is 30.5 Å². The fraction of sp³-hybridized carbons (Fsp3) is 0.444. The van der Waals surface area contributed by atoms with Gasteiger partial charge >= 0.3 is 6.18 Å². The number of amides is 1. The first-order valence-electron chi connectivity index (χ1n) is 13.1. The third kappa shape index (κ3) is 6.07. The molecule has 8 nitrogen and oxygen atoms in total. The van der Waals surface area contributed by atoms with E-state index in [1.807, 2.05) is 19.1 Å². The van der Waals surface area contributed by atoms with Gasteiger partial charge in [-0.3, -0.25) is 9.69 Å². The monoisotopic (exact) mass is 592 g/mol. The van der Waals surface area contributed by atoms with Gasteiger partial charge in [0.2, 0.25) is 5.95 Å². The van der Waals surface area contributed by atoms with E-state index in [0.29, 0.717) is 35.0 Å². The molecule has 4 heterocycles. The summed E-state index contributed by atoms with van der Waals surface area (Å²) in [7, 11) is 1.69. The summed E-state index contributed by atoms with van der Waals surface area (Å²) in [6.07, 6.45) is -3.14. The molecule has 1 fully saturated rings. The molecule has 0 atom stereocenters. The number of benzene rings is 1. The average Bonchev–Trinajstić information content (AvgIpc) is 3.31. The standard InChI is InChI=1S/C27H31F3N6O2S2/c1-3-17-14-18(36-8-6-35(7-9-36)10-12-37)4-5-20(17)32-26-31-16-19(27(28,29)30)23(33-26)21-15-22-24(40-21)25(38)34(2)11-13-39-22/h4-5,14-16,37H,3,6-13H2,1-2H3,(H,31,32,33). The van der Waals surface area contributed by atoms with Crippen molar-refractivity contribution in [1.82, 2.24) is 19.8 Å². The van der Waals surface area contributed by atoms with Gasteiger partial charge in [-0.15, -0.1) is 23.1 Å². The van der Waals surface area contributed by atoms with E-state index in [1.54, 1.807) is 18.0 Å². The number of piperazine rings is 1. The number of halogens is 3. The van der Waals surface area contributed by atoms with Crippen LogP contribution in [0.2, 0.25) is 0 Å². The van der Waals surface area contributed by atoms with E-state index in [0.717, 1.165) is 60.7 Å². The third-order valence-electron chi connectivity index (χ3n) is 7.12.